The number of nitrogens with one attached hydrogen (secondary N) is 1. The van der Waals surface area contributed by atoms with Crippen LogP contribution in [0.5, 0.6) is 5.75 Å². The van der Waals surface area contributed by atoms with Crippen molar-refractivity contribution in [3.63, 3.8) is 0 Å². The number of methoxy groups -OCH3 is 2. The Kier molecular flexibility index (Phi) is 4.55. The predicted octanol–water partition coefficient (Wildman–Crippen LogP) is 2.45. The van der Waals surface area contributed by atoms with Gasteiger partial charge in [-0.05, 0) is 43.5 Å². The molecule has 0 unspecified atom stereocenters. The standard InChI is InChI=1S/C14H20FNO2/c1-17-9-12-13(15)4-3-11(14(12)18-2)10-5-7-16-8-6-10/h3-4,10,16H,5-9H2,1-2H3. The normalized spacial score (nSPS) is 16.8. The summed E-state index contributed by atoms with van der Waals surface area (Å²) in [5, 5.41) is 3.33. The van der Waals surface area contributed by atoms with E-state index >= 15 is 0 Å². The third kappa shape index (κ3) is 2.65. The number of halogens is 1. The molecule has 100 valence electrons. The molecule has 1 heterocycles. The first-order chi connectivity index (χ1) is 8.77. The van der Waals surface area contributed by atoms with Gasteiger partial charge < -0.3 is 14.8 Å². The van der Waals surface area contributed by atoms with Crippen molar-refractivity contribution >= 4 is 0 Å². The Labute approximate surface area is 107 Å². The average molecular weight is 253 g/mol. The largest absolute Gasteiger partial charge is 0.496 e. The van der Waals surface area contributed by atoms with Crippen LogP contribution in [0.3, 0.4) is 0 Å². The molecule has 1 aromatic rings. The van der Waals surface area contributed by atoms with Crippen molar-refractivity contribution < 1.29 is 13.9 Å². The Bertz CT molecular complexity index is 403. The lowest BCUT2D eigenvalue weighted by atomic mass is 9.88. The van der Waals surface area contributed by atoms with Gasteiger partial charge in [0.2, 0.25) is 0 Å². The summed E-state index contributed by atoms with van der Waals surface area (Å²) in [4.78, 5) is 0. The highest BCUT2D eigenvalue weighted by molar-refractivity contribution is 5.44. The highest BCUT2D eigenvalue weighted by Crippen LogP contribution is 2.36. The minimum absolute atomic E-state index is 0.244. The van der Waals surface area contributed by atoms with Crippen LogP contribution in [0.2, 0.25) is 0 Å². The second-order valence-electron chi connectivity index (χ2n) is 4.61. The number of ether oxygens (including phenoxy) is 2. The predicted molar refractivity (Wildman–Crippen MR) is 68.5 cm³/mol. The summed E-state index contributed by atoms with van der Waals surface area (Å²) in [6.07, 6.45) is 2.13. The first-order valence-corrected chi connectivity index (χ1v) is 6.32. The minimum atomic E-state index is -0.258. The fourth-order valence-electron chi connectivity index (χ4n) is 2.60. The number of piperidine rings is 1. The zero-order valence-electron chi connectivity index (χ0n) is 11.0. The molecule has 0 radical (unpaired) electrons. The molecule has 2 rings (SSSR count). The smallest absolute Gasteiger partial charge is 0.132 e. The second kappa shape index (κ2) is 6.16. The molecule has 0 saturated carbocycles. The molecule has 0 spiro atoms. The zero-order chi connectivity index (χ0) is 13.0. The van der Waals surface area contributed by atoms with Gasteiger partial charge in [0, 0.05) is 7.11 Å². The van der Waals surface area contributed by atoms with Gasteiger partial charge in [-0.25, -0.2) is 4.39 Å². The molecule has 18 heavy (non-hydrogen) atoms. The van der Waals surface area contributed by atoms with Crippen molar-refractivity contribution in [1.29, 1.82) is 0 Å². The van der Waals surface area contributed by atoms with Crippen molar-refractivity contribution in [3.05, 3.63) is 29.1 Å². The molecule has 3 nitrogen and oxygen atoms in total. The van der Waals surface area contributed by atoms with Crippen LogP contribution in [0.15, 0.2) is 12.1 Å². The Morgan fingerprint density at radius 2 is 2.00 bits per heavy atom. The van der Waals surface area contributed by atoms with Crippen molar-refractivity contribution in [2.45, 2.75) is 25.4 Å². The highest BCUT2D eigenvalue weighted by Gasteiger charge is 2.22. The monoisotopic (exact) mass is 253 g/mol. The van der Waals surface area contributed by atoms with E-state index in [9.17, 15) is 4.39 Å². The van der Waals surface area contributed by atoms with E-state index in [1.807, 2.05) is 6.07 Å². The lowest BCUT2D eigenvalue weighted by Gasteiger charge is -2.25. The van der Waals surface area contributed by atoms with Gasteiger partial charge in [0.15, 0.2) is 0 Å². The van der Waals surface area contributed by atoms with Crippen molar-refractivity contribution in [2.24, 2.45) is 0 Å². The van der Waals surface area contributed by atoms with E-state index in [2.05, 4.69) is 5.32 Å². The highest BCUT2D eigenvalue weighted by atomic mass is 19.1. The summed E-state index contributed by atoms with van der Waals surface area (Å²) in [7, 11) is 3.16. The Morgan fingerprint density at radius 3 is 2.61 bits per heavy atom. The first kappa shape index (κ1) is 13.3. The van der Waals surface area contributed by atoms with Gasteiger partial charge >= 0.3 is 0 Å². The molecule has 1 saturated heterocycles. The van der Waals surface area contributed by atoms with E-state index in [-0.39, 0.29) is 12.4 Å². The van der Waals surface area contributed by atoms with Crippen LogP contribution in [-0.2, 0) is 11.3 Å². The Morgan fingerprint density at radius 1 is 1.28 bits per heavy atom. The Balaban J connectivity index is 2.36. The van der Waals surface area contributed by atoms with E-state index in [1.54, 1.807) is 14.2 Å². The molecular weight excluding hydrogens is 233 g/mol. The first-order valence-electron chi connectivity index (χ1n) is 6.32. The second-order valence-corrected chi connectivity index (χ2v) is 4.61. The van der Waals surface area contributed by atoms with Crippen LogP contribution in [-0.4, -0.2) is 27.3 Å². The molecule has 1 aromatic carbocycles. The molecule has 4 heteroatoms. The summed E-state index contributed by atoms with van der Waals surface area (Å²) in [5.74, 6) is 0.840. The molecule has 0 atom stereocenters. The summed E-state index contributed by atoms with van der Waals surface area (Å²) in [6.45, 7) is 2.25. The van der Waals surface area contributed by atoms with Crippen molar-refractivity contribution in [3.8, 4) is 5.75 Å². The number of hydrogen-bond acceptors (Lipinski definition) is 3. The van der Waals surface area contributed by atoms with Crippen LogP contribution in [0.25, 0.3) is 0 Å². The molecule has 1 aliphatic heterocycles. The van der Waals surface area contributed by atoms with Gasteiger partial charge in [-0.1, -0.05) is 6.07 Å². The molecule has 0 aromatic heterocycles. The van der Waals surface area contributed by atoms with E-state index in [4.69, 9.17) is 9.47 Å². The maximum absolute atomic E-state index is 13.8. The Hall–Kier alpha value is -1.13. The molecule has 1 fully saturated rings. The molecule has 1 N–H and O–H groups in total. The summed E-state index contributed by atoms with van der Waals surface area (Å²) in [5.41, 5.74) is 1.63. The molecule has 1 aliphatic rings. The number of hydrogen-bond donors (Lipinski definition) is 1. The zero-order valence-corrected chi connectivity index (χ0v) is 11.0. The number of rotatable bonds is 4. The third-order valence-electron chi connectivity index (χ3n) is 3.51. The van der Waals surface area contributed by atoms with Gasteiger partial charge in [0.1, 0.15) is 11.6 Å². The van der Waals surface area contributed by atoms with E-state index in [1.165, 1.54) is 6.07 Å². The van der Waals surface area contributed by atoms with Gasteiger partial charge in [0.25, 0.3) is 0 Å². The maximum atomic E-state index is 13.8. The minimum Gasteiger partial charge on any atom is -0.496 e. The molecule has 0 amide bonds. The van der Waals surface area contributed by atoms with Crippen LogP contribution in [0.1, 0.15) is 29.9 Å². The van der Waals surface area contributed by atoms with Crippen molar-refractivity contribution in [2.75, 3.05) is 27.3 Å². The summed E-state index contributed by atoms with van der Waals surface area (Å²) in [6, 6.07) is 3.37. The van der Waals surface area contributed by atoms with E-state index < -0.39 is 0 Å². The van der Waals surface area contributed by atoms with E-state index in [0.29, 0.717) is 17.2 Å². The van der Waals surface area contributed by atoms with Gasteiger partial charge in [-0.2, -0.15) is 0 Å². The fourth-order valence-corrected chi connectivity index (χ4v) is 2.60. The lowest BCUT2D eigenvalue weighted by Crippen LogP contribution is -2.27. The SMILES string of the molecule is COCc1c(F)ccc(C2CCNCC2)c1OC. The average Bonchev–Trinajstić information content (AvgIpc) is 2.42. The molecule has 0 aliphatic carbocycles. The van der Waals surface area contributed by atoms with Crippen molar-refractivity contribution in [1.82, 2.24) is 5.32 Å². The maximum Gasteiger partial charge on any atom is 0.132 e. The van der Waals surface area contributed by atoms with Crippen LogP contribution in [0.4, 0.5) is 4.39 Å². The van der Waals surface area contributed by atoms with Crippen LogP contribution < -0.4 is 10.1 Å². The topological polar surface area (TPSA) is 30.5 Å². The van der Waals surface area contributed by atoms with Crippen LogP contribution >= 0.6 is 0 Å². The van der Waals surface area contributed by atoms with Crippen LogP contribution in [0, 0.1) is 5.82 Å². The van der Waals surface area contributed by atoms with E-state index in [0.717, 1.165) is 31.5 Å². The van der Waals surface area contributed by atoms with Gasteiger partial charge in [-0.3, -0.25) is 0 Å². The fraction of sp³-hybridized carbons (Fsp3) is 0.571. The third-order valence-corrected chi connectivity index (χ3v) is 3.51. The summed E-state index contributed by atoms with van der Waals surface area (Å²) >= 11 is 0. The van der Waals surface area contributed by atoms with Gasteiger partial charge in [-0.15, -0.1) is 0 Å². The van der Waals surface area contributed by atoms with Gasteiger partial charge in [0.05, 0.1) is 19.3 Å². The molecular formula is C14H20FNO2. The quantitative estimate of drug-likeness (QED) is 0.894. The summed E-state index contributed by atoms with van der Waals surface area (Å²) < 4.78 is 24.3. The number of benzene rings is 1. The lowest BCUT2D eigenvalue weighted by molar-refractivity contribution is 0.177. The molecule has 0 bridgehead atoms.